The van der Waals surface area contributed by atoms with Crippen LogP contribution < -0.4 is 37.3 Å². The van der Waals surface area contributed by atoms with E-state index in [9.17, 15) is 37.5 Å². The Labute approximate surface area is 468 Å². The molecule has 10 rings (SSSR count). The number of carbonyl (C=O) groups excluding carboxylic acids is 2. The lowest BCUT2D eigenvalue weighted by atomic mass is 10.00. The van der Waals surface area contributed by atoms with Gasteiger partial charge in [0.05, 0.1) is 89.3 Å². The molecule has 2 aliphatic heterocycles. The first-order valence-electron chi connectivity index (χ1n) is 25.6. The highest BCUT2D eigenvalue weighted by Crippen LogP contribution is 2.38. The molecule has 2 amide bonds. The first kappa shape index (κ1) is 57.9. The summed E-state index contributed by atoms with van der Waals surface area (Å²) in [6.45, 7) is 7.99. The number of nitrogens with zero attached hydrogens (tertiary/aromatic N) is 11. The number of methoxy groups -OCH3 is 4. The Morgan fingerprint density at radius 1 is 0.630 bits per heavy atom. The molecule has 0 aliphatic carbocycles. The minimum atomic E-state index is -1.40. The van der Waals surface area contributed by atoms with Crippen LogP contribution in [0.4, 0.5) is 8.78 Å². The summed E-state index contributed by atoms with van der Waals surface area (Å²) in [5, 5.41) is 21.2. The van der Waals surface area contributed by atoms with Crippen molar-refractivity contribution in [3.05, 3.63) is 137 Å². The zero-order valence-electron chi connectivity index (χ0n) is 45.9. The average Bonchev–Trinajstić information content (AvgIpc) is 3.83. The van der Waals surface area contributed by atoms with Crippen LogP contribution in [-0.2, 0) is 52.7 Å². The van der Waals surface area contributed by atoms with Gasteiger partial charge in [0.1, 0.15) is 66.1 Å². The molecular formula is C53H60F2N12O12S2. The molecule has 24 nitrogen and oxygen atoms in total. The molecular weight excluding hydrogens is 1100 g/mol. The van der Waals surface area contributed by atoms with E-state index >= 15 is 0 Å². The van der Waals surface area contributed by atoms with Gasteiger partial charge >= 0.3 is 11.4 Å². The number of amides is 2. The largest absolute Gasteiger partial charge is 0.496 e. The second-order valence-electron chi connectivity index (χ2n) is 19.6. The van der Waals surface area contributed by atoms with Crippen molar-refractivity contribution < 1.29 is 46.8 Å². The van der Waals surface area contributed by atoms with Gasteiger partial charge in [-0.25, -0.2) is 27.5 Å². The second kappa shape index (κ2) is 23.8. The highest BCUT2D eigenvalue weighted by molar-refractivity contribution is 7.21. The number of hydrogen-bond acceptors (Lipinski definition) is 18. The third kappa shape index (κ3) is 10.6. The summed E-state index contributed by atoms with van der Waals surface area (Å²) >= 11 is 2.34. The molecule has 28 heteroatoms. The quantitative estimate of drug-likeness (QED) is 0.105. The molecule has 0 bridgehead atoms. The molecule has 2 fully saturated rings. The average molecular weight is 1160 g/mol. The zero-order chi connectivity index (χ0) is 58.1. The van der Waals surface area contributed by atoms with Crippen LogP contribution in [-0.4, -0.2) is 140 Å². The standard InChI is InChI=1S/C27H31FN6O6S.C26H29FN6O6S/c1-16-21-22(35)33(27(2)8-11-31(3)25(27)36)26(37)32(24(21)41-23(16)34-29-9-10-30-34)15-20(40-13-12-38-4)18-14-17(28)6-7-19(18)39-5;1-15-20-21(34)32(26(2)7-8-28-24(26)35)25(36)31(23(20)40-22(15)33-29-9-10-30-33)14-19(39-12-11-37-3)17-13-16(27)5-6-18(17)38-4/h6-7,9-10,14,20H,8,11-13,15H2,1-5H3;5-6,9-10,13,19H,7-8,11-12,14H2,1-4H3,(H,28,35)/t20-,27+;19-,26+/m00/s1. The van der Waals surface area contributed by atoms with Crippen LogP contribution in [0.3, 0.4) is 0 Å². The molecule has 2 aliphatic rings. The molecule has 430 valence electrons. The Kier molecular flexibility index (Phi) is 17.0. The molecule has 6 aromatic heterocycles. The van der Waals surface area contributed by atoms with Crippen LogP contribution in [0.5, 0.6) is 11.5 Å². The van der Waals surface area contributed by atoms with Crippen molar-refractivity contribution in [1.29, 1.82) is 0 Å². The number of nitrogens with one attached hydrogen (secondary N) is 1. The fourth-order valence-corrected chi connectivity index (χ4v) is 12.7. The Morgan fingerprint density at radius 3 is 1.43 bits per heavy atom. The summed E-state index contributed by atoms with van der Waals surface area (Å²) in [6.07, 6.45) is 4.85. The van der Waals surface area contributed by atoms with E-state index in [1.807, 2.05) is 0 Å². The van der Waals surface area contributed by atoms with E-state index in [0.29, 0.717) is 66.5 Å². The Hall–Kier alpha value is -7.76. The summed E-state index contributed by atoms with van der Waals surface area (Å²) in [7, 11) is 7.61. The number of fused-ring (bicyclic) bond motifs is 2. The second-order valence-corrected chi connectivity index (χ2v) is 21.6. The van der Waals surface area contributed by atoms with Crippen molar-refractivity contribution in [2.75, 3.05) is 75.0 Å². The number of rotatable bonds is 20. The Bertz CT molecular complexity index is 3890. The van der Waals surface area contributed by atoms with E-state index in [1.165, 1.54) is 136 Å². The lowest BCUT2D eigenvalue weighted by Gasteiger charge is -2.27. The van der Waals surface area contributed by atoms with Gasteiger partial charge in [0, 0.05) is 56.6 Å². The minimum absolute atomic E-state index is 0.106. The van der Waals surface area contributed by atoms with Crippen LogP contribution in [0.15, 0.2) is 80.4 Å². The minimum Gasteiger partial charge on any atom is -0.496 e. The van der Waals surface area contributed by atoms with Gasteiger partial charge in [-0.15, -0.1) is 9.59 Å². The molecule has 0 saturated carbocycles. The van der Waals surface area contributed by atoms with Gasteiger partial charge in [-0.1, -0.05) is 22.7 Å². The summed E-state index contributed by atoms with van der Waals surface area (Å²) < 4.78 is 67.3. The fraction of sp³-hybridized carbons (Fsp3) is 0.434. The van der Waals surface area contributed by atoms with E-state index in [2.05, 4.69) is 25.7 Å². The maximum atomic E-state index is 14.5. The van der Waals surface area contributed by atoms with Gasteiger partial charge in [0.2, 0.25) is 11.8 Å². The topological polar surface area (TPSA) is 254 Å². The van der Waals surface area contributed by atoms with Gasteiger partial charge in [-0.2, -0.15) is 20.4 Å². The van der Waals surface area contributed by atoms with Crippen molar-refractivity contribution in [2.45, 2.75) is 76.9 Å². The van der Waals surface area contributed by atoms with Crippen LogP contribution in [0.2, 0.25) is 0 Å². The number of ether oxygens (including phenoxy) is 6. The predicted molar refractivity (Wildman–Crippen MR) is 294 cm³/mol. The molecule has 4 atom stereocenters. The van der Waals surface area contributed by atoms with Gasteiger partial charge in [-0.05, 0) is 76.9 Å². The molecule has 81 heavy (non-hydrogen) atoms. The number of likely N-dealkylation sites (tertiary alicyclic amines) is 1. The lowest BCUT2D eigenvalue weighted by Crippen LogP contribution is -2.53. The van der Waals surface area contributed by atoms with Crippen molar-refractivity contribution >= 4 is 54.9 Å². The summed E-state index contributed by atoms with van der Waals surface area (Å²) in [5.41, 5.74) is -3.41. The van der Waals surface area contributed by atoms with Gasteiger partial charge < -0.3 is 38.6 Å². The van der Waals surface area contributed by atoms with E-state index in [1.54, 1.807) is 34.7 Å². The Morgan fingerprint density at radius 2 is 1.06 bits per heavy atom. The number of aryl methyl sites for hydroxylation is 2. The summed E-state index contributed by atoms with van der Waals surface area (Å²) in [5.74, 6) is -1.02. The number of benzene rings is 2. The lowest BCUT2D eigenvalue weighted by molar-refractivity contribution is -0.133. The third-order valence-corrected chi connectivity index (χ3v) is 17.2. The van der Waals surface area contributed by atoms with E-state index < -0.39 is 63.3 Å². The molecule has 8 heterocycles. The summed E-state index contributed by atoms with van der Waals surface area (Å²) in [4.78, 5) is 87.8. The zero-order valence-corrected chi connectivity index (χ0v) is 47.5. The van der Waals surface area contributed by atoms with Crippen molar-refractivity contribution in [3.8, 4) is 21.5 Å². The van der Waals surface area contributed by atoms with Crippen LogP contribution >= 0.6 is 22.7 Å². The number of carbonyl (C=O) groups is 2. The highest BCUT2D eigenvalue weighted by atomic mass is 32.1. The normalized spacial score (nSPS) is 17.9. The molecule has 0 unspecified atom stereocenters. The maximum Gasteiger partial charge on any atom is 0.333 e. The van der Waals surface area contributed by atoms with Gasteiger partial charge in [-0.3, -0.25) is 28.3 Å². The van der Waals surface area contributed by atoms with Crippen molar-refractivity contribution in [3.63, 3.8) is 0 Å². The van der Waals surface area contributed by atoms with Gasteiger partial charge in [0.25, 0.3) is 11.1 Å². The van der Waals surface area contributed by atoms with Gasteiger partial charge in [0.15, 0.2) is 0 Å². The van der Waals surface area contributed by atoms with Crippen LogP contribution in [0.1, 0.15) is 61.2 Å². The number of aromatic nitrogens is 10. The first-order valence-corrected chi connectivity index (χ1v) is 27.2. The van der Waals surface area contributed by atoms with Crippen LogP contribution in [0, 0.1) is 25.5 Å². The molecule has 0 spiro atoms. The smallest absolute Gasteiger partial charge is 0.333 e. The fourth-order valence-electron chi connectivity index (χ4n) is 10.3. The maximum absolute atomic E-state index is 14.5. The third-order valence-electron chi connectivity index (χ3n) is 14.7. The molecule has 1 N–H and O–H groups in total. The molecule has 2 saturated heterocycles. The van der Waals surface area contributed by atoms with Crippen molar-refractivity contribution in [2.24, 2.45) is 0 Å². The first-order chi connectivity index (χ1) is 38.8. The van der Waals surface area contributed by atoms with Crippen LogP contribution in [0.25, 0.3) is 30.4 Å². The molecule has 0 radical (unpaired) electrons. The SMILES string of the molecule is COCCO[C@@H](Cn1c(=O)n([C@]2(C)CCN(C)C2=O)c(=O)c2c(C)c(-n3nccn3)sc21)c1cc(F)ccc1OC.COCCO[C@@H](Cn1c(=O)n([C@]2(C)CCNC2=O)c(=O)c2c(C)c(-n3nccn3)sc21)c1cc(F)ccc1OC. The molecule has 8 aromatic rings. The van der Waals surface area contributed by atoms with E-state index in [4.69, 9.17) is 28.4 Å². The Balaban J connectivity index is 0.000000196. The monoisotopic (exact) mass is 1160 g/mol. The van der Waals surface area contributed by atoms with E-state index in [-0.39, 0.29) is 69.0 Å². The van der Waals surface area contributed by atoms with Crippen molar-refractivity contribution in [1.82, 2.24) is 58.5 Å². The molecule has 2 aromatic carbocycles. The number of likely N-dealkylation sites (N-methyl/N-ethyl adjacent to an activating group) is 1. The summed E-state index contributed by atoms with van der Waals surface area (Å²) in [6, 6.07) is 8.10. The van der Waals surface area contributed by atoms with E-state index in [0.717, 1.165) is 9.13 Å². The number of thiophene rings is 2. The predicted octanol–water partition coefficient (Wildman–Crippen LogP) is 4.14. The number of halogens is 2. The number of hydrogen-bond donors (Lipinski definition) is 1. The highest BCUT2D eigenvalue weighted by Gasteiger charge is 2.47.